The van der Waals surface area contributed by atoms with Crippen molar-refractivity contribution in [3.8, 4) is 0 Å². The Hall–Kier alpha value is -1.62. The summed E-state index contributed by atoms with van der Waals surface area (Å²) in [5, 5.41) is 7.34. The smallest absolute Gasteiger partial charge is 0.141 e. The Kier molecular flexibility index (Phi) is 4.72. The van der Waals surface area contributed by atoms with E-state index in [0.717, 1.165) is 18.9 Å². The summed E-state index contributed by atoms with van der Waals surface area (Å²) >= 11 is 0. The van der Waals surface area contributed by atoms with Crippen LogP contribution in [0.15, 0.2) is 18.2 Å². The van der Waals surface area contributed by atoms with Gasteiger partial charge in [-0.25, -0.2) is 4.98 Å². The number of amidine groups is 1. The number of ether oxygens (including phenoxy) is 1. The number of nitrogens with zero attached hydrogens (tertiary/aromatic N) is 2. The van der Waals surface area contributed by atoms with Gasteiger partial charge in [0.2, 0.25) is 0 Å². The van der Waals surface area contributed by atoms with Crippen molar-refractivity contribution in [2.45, 2.75) is 6.92 Å². The fourth-order valence-corrected chi connectivity index (χ4v) is 1.39. The van der Waals surface area contributed by atoms with Gasteiger partial charge in [-0.3, -0.25) is 5.41 Å². The molecule has 0 bridgehead atoms. The molecule has 1 heterocycles. The number of rotatable bonds is 6. The summed E-state index contributed by atoms with van der Waals surface area (Å²) in [5.74, 6) is 0.817. The van der Waals surface area contributed by atoms with Gasteiger partial charge in [0.05, 0.1) is 6.61 Å². The van der Waals surface area contributed by atoms with E-state index >= 15 is 0 Å². The Morgan fingerprint density at radius 2 is 2.31 bits per heavy atom. The maximum atomic E-state index is 7.34. The van der Waals surface area contributed by atoms with Crippen LogP contribution in [0.4, 0.5) is 5.82 Å². The van der Waals surface area contributed by atoms with Gasteiger partial charge in [-0.15, -0.1) is 0 Å². The van der Waals surface area contributed by atoms with Crippen molar-refractivity contribution in [2.24, 2.45) is 5.73 Å². The van der Waals surface area contributed by atoms with E-state index in [4.69, 9.17) is 15.9 Å². The lowest BCUT2D eigenvalue weighted by molar-refractivity contribution is 0.205. The van der Waals surface area contributed by atoms with E-state index in [9.17, 15) is 0 Å². The topological polar surface area (TPSA) is 75.2 Å². The van der Waals surface area contributed by atoms with Crippen molar-refractivity contribution in [3.05, 3.63) is 23.9 Å². The maximum Gasteiger partial charge on any atom is 0.141 e. The van der Waals surface area contributed by atoms with Gasteiger partial charge < -0.3 is 15.4 Å². The number of hydrogen-bond donors (Lipinski definition) is 2. The number of nitrogen functional groups attached to an aromatic ring is 1. The van der Waals surface area contributed by atoms with Crippen LogP contribution < -0.4 is 10.6 Å². The Morgan fingerprint density at radius 3 is 2.88 bits per heavy atom. The number of methoxy groups -OCH3 is 1. The second-order valence-electron chi connectivity index (χ2n) is 3.37. The molecule has 16 heavy (non-hydrogen) atoms. The molecule has 0 aliphatic rings. The first kappa shape index (κ1) is 12.4. The standard InChI is InChI=1S/C11H18N4O/c1-3-15(7-8-16-2)10-6-4-5-9(14-10)11(12)13/h4-6H,3,7-8H2,1-2H3,(H3,12,13). The number of hydrogen-bond acceptors (Lipinski definition) is 4. The largest absolute Gasteiger partial charge is 0.383 e. The Morgan fingerprint density at radius 1 is 1.56 bits per heavy atom. The highest BCUT2D eigenvalue weighted by molar-refractivity contribution is 5.93. The minimum atomic E-state index is -0.00959. The number of nitrogens with one attached hydrogen (secondary N) is 1. The Bertz CT molecular complexity index is 354. The molecule has 1 aromatic rings. The van der Waals surface area contributed by atoms with Gasteiger partial charge in [-0.05, 0) is 19.1 Å². The van der Waals surface area contributed by atoms with E-state index in [-0.39, 0.29) is 5.84 Å². The zero-order valence-corrected chi connectivity index (χ0v) is 9.73. The highest BCUT2D eigenvalue weighted by Crippen LogP contribution is 2.10. The van der Waals surface area contributed by atoms with E-state index < -0.39 is 0 Å². The molecule has 1 rings (SSSR count). The zero-order chi connectivity index (χ0) is 12.0. The van der Waals surface area contributed by atoms with Crippen LogP contribution in [0.3, 0.4) is 0 Å². The predicted octanol–water partition coefficient (Wildman–Crippen LogP) is 0.838. The first-order chi connectivity index (χ1) is 7.69. The van der Waals surface area contributed by atoms with Crippen molar-refractivity contribution in [1.29, 1.82) is 5.41 Å². The SMILES string of the molecule is CCN(CCOC)c1cccc(C(=N)N)n1. The molecule has 0 radical (unpaired) electrons. The maximum absolute atomic E-state index is 7.34. The lowest BCUT2D eigenvalue weighted by Crippen LogP contribution is -2.28. The molecule has 0 unspecified atom stereocenters. The second-order valence-corrected chi connectivity index (χ2v) is 3.37. The second kappa shape index (κ2) is 6.07. The van der Waals surface area contributed by atoms with E-state index in [1.165, 1.54) is 0 Å². The van der Waals surface area contributed by atoms with E-state index in [0.29, 0.717) is 12.3 Å². The molecule has 0 fully saturated rings. The molecule has 88 valence electrons. The summed E-state index contributed by atoms with van der Waals surface area (Å²) in [6, 6.07) is 5.50. The van der Waals surface area contributed by atoms with Gasteiger partial charge in [-0.1, -0.05) is 6.07 Å². The molecule has 0 saturated carbocycles. The van der Waals surface area contributed by atoms with Crippen LogP contribution >= 0.6 is 0 Å². The molecule has 1 aromatic heterocycles. The molecule has 5 heteroatoms. The van der Waals surface area contributed by atoms with Crippen molar-refractivity contribution in [2.75, 3.05) is 31.7 Å². The zero-order valence-electron chi connectivity index (χ0n) is 9.73. The molecule has 3 N–H and O–H groups in total. The fraction of sp³-hybridized carbons (Fsp3) is 0.455. The molecule has 0 saturated heterocycles. The van der Waals surface area contributed by atoms with Crippen LogP contribution in [-0.2, 0) is 4.74 Å². The quantitative estimate of drug-likeness (QED) is 0.552. The third-order valence-electron chi connectivity index (χ3n) is 2.28. The molecular weight excluding hydrogens is 204 g/mol. The van der Waals surface area contributed by atoms with Gasteiger partial charge in [-0.2, -0.15) is 0 Å². The summed E-state index contributed by atoms with van der Waals surface area (Å²) in [5.41, 5.74) is 5.91. The van der Waals surface area contributed by atoms with Crippen LogP contribution in [0.5, 0.6) is 0 Å². The van der Waals surface area contributed by atoms with Crippen molar-refractivity contribution in [3.63, 3.8) is 0 Å². The van der Waals surface area contributed by atoms with E-state index in [1.807, 2.05) is 12.1 Å². The van der Waals surface area contributed by atoms with Crippen LogP contribution in [0.2, 0.25) is 0 Å². The van der Waals surface area contributed by atoms with Crippen LogP contribution in [0.1, 0.15) is 12.6 Å². The average molecular weight is 222 g/mol. The molecule has 0 spiro atoms. The number of pyridine rings is 1. The summed E-state index contributed by atoms with van der Waals surface area (Å²) in [4.78, 5) is 6.40. The van der Waals surface area contributed by atoms with Crippen molar-refractivity contribution in [1.82, 2.24) is 4.98 Å². The predicted molar refractivity (Wildman–Crippen MR) is 65.0 cm³/mol. The Labute approximate surface area is 95.7 Å². The summed E-state index contributed by atoms with van der Waals surface area (Å²) in [6.07, 6.45) is 0. The number of likely N-dealkylation sites (N-methyl/N-ethyl adjacent to an activating group) is 1. The van der Waals surface area contributed by atoms with Crippen molar-refractivity contribution < 1.29 is 4.74 Å². The summed E-state index contributed by atoms with van der Waals surface area (Å²) < 4.78 is 5.04. The normalized spacial score (nSPS) is 10.1. The summed E-state index contributed by atoms with van der Waals surface area (Å²) in [6.45, 7) is 4.33. The van der Waals surface area contributed by atoms with Gasteiger partial charge in [0.15, 0.2) is 0 Å². The number of aromatic nitrogens is 1. The van der Waals surface area contributed by atoms with Gasteiger partial charge in [0.25, 0.3) is 0 Å². The molecule has 5 nitrogen and oxygen atoms in total. The lowest BCUT2D eigenvalue weighted by Gasteiger charge is -2.21. The average Bonchev–Trinajstić information content (AvgIpc) is 2.30. The fourth-order valence-electron chi connectivity index (χ4n) is 1.39. The minimum Gasteiger partial charge on any atom is -0.383 e. The van der Waals surface area contributed by atoms with Crippen LogP contribution in [0, 0.1) is 5.41 Å². The molecule has 0 amide bonds. The third-order valence-corrected chi connectivity index (χ3v) is 2.28. The van der Waals surface area contributed by atoms with Crippen LogP contribution in [0.25, 0.3) is 0 Å². The Balaban J connectivity index is 2.83. The molecular formula is C11H18N4O. The van der Waals surface area contributed by atoms with E-state index in [2.05, 4.69) is 16.8 Å². The molecule has 0 aliphatic heterocycles. The molecule has 0 aliphatic carbocycles. The van der Waals surface area contributed by atoms with E-state index in [1.54, 1.807) is 13.2 Å². The highest BCUT2D eigenvalue weighted by Gasteiger charge is 2.07. The lowest BCUT2D eigenvalue weighted by atomic mass is 10.3. The molecule has 0 aromatic carbocycles. The molecule has 0 atom stereocenters. The van der Waals surface area contributed by atoms with Gasteiger partial charge in [0, 0.05) is 20.2 Å². The van der Waals surface area contributed by atoms with Crippen LogP contribution in [-0.4, -0.2) is 37.6 Å². The van der Waals surface area contributed by atoms with Gasteiger partial charge >= 0.3 is 0 Å². The highest BCUT2D eigenvalue weighted by atomic mass is 16.5. The first-order valence-corrected chi connectivity index (χ1v) is 5.24. The minimum absolute atomic E-state index is 0.00959. The monoisotopic (exact) mass is 222 g/mol. The van der Waals surface area contributed by atoms with Gasteiger partial charge in [0.1, 0.15) is 17.3 Å². The first-order valence-electron chi connectivity index (χ1n) is 5.24. The summed E-state index contributed by atoms with van der Waals surface area (Å²) in [7, 11) is 1.67. The van der Waals surface area contributed by atoms with Crippen molar-refractivity contribution >= 4 is 11.7 Å². The number of nitrogens with two attached hydrogens (primary N) is 1. The number of anilines is 1. The third kappa shape index (κ3) is 3.20.